The number of alkyl halides is 3. The van der Waals surface area contributed by atoms with E-state index < -0.39 is 17.5 Å². The Hall–Kier alpha value is -2.29. The van der Waals surface area contributed by atoms with E-state index in [1.807, 2.05) is 0 Å². The van der Waals surface area contributed by atoms with Gasteiger partial charge in [-0.05, 0) is 62.4 Å². The van der Waals surface area contributed by atoms with Gasteiger partial charge in [0, 0.05) is 24.3 Å². The lowest BCUT2D eigenvalue weighted by atomic mass is 9.71. The van der Waals surface area contributed by atoms with E-state index >= 15 is 0 Å². The Bertz CT molecular complexity index is 858. The van der Waals surface area contributed by atoms with Crippen molar-refractivity contribution in [3.8, 4) is 11.5 Å². The highest BCUT2D eigenvalue weighted by Crippen LogP contribution is 2.44. The molecule has 3 heterocycles. The second kappa shape index (κ2) is 6.70. The van der Waals surface area contributed by atoms with Crippen LogP contribution in [0.2, 0.25) is 0 Å². The smallest absolute Gasteiger partial charge is 0.388 e. The quantitative estimate of drug-likeness (QED) is 0.835. The van der Waals surface area contributed by atoms with Crippen LogP contribution in [0.4, 0.5) is 18.9 Å². The van der Waals surface area contributed by atoms with Crippen LogP contribution in [0.1, 0.15) is 31.2 Å². The maximum Gasteiger partial charge on any atom is 0.434 e. The van der Waals surface area contributed by atoms with Crippen molar-refractivity contribution in [1.29, 1.82) is 0 Å². The first-order chi connectivity index (χ1) is 12.9. The number of halogens is 3. The van der Waals surface area contributed by atoms with Crippen LogP contribution in [0.5, 0.6) is 0 Å². The zero-order valence-corrected chi connectivity index (χ0v) is 14.7. The fourth-order valence-corrected chi connectivity index (χ4v) is 4.20. The molecule has 146 valence electrons. The number of anilines is 1. The van der Waals surface area contributed by atoms with Crippen molar-refractivity contribution in [3.05, 3.63) is 34.3 Å². The molecule has 0 radical (unpaired) electrons. The van der Waals surface area contributed by atoms with E-state index in [2.05, 4.69) is 15.5 Å². The SMILES string of the molecule is O=c1[nH]nc(-c2ccc(C(F)(F)F)c(N3CCC4(CCNCC4)CC3)c2)o1. The Morgan fingerprint density at radius 1 is 1.11 bits per heavy atom. The van der Waals surface area contributed by atoms with Crippen LogP contribution in [-0.4, -0.2) is 36.4 Å². The Morgan fingerprint density at radius 3 is 2.41 bits per heavy atom. The summed E-state index contributed by atoms with van der Waals surface area (Å²) in [6, 6.07) is 3.74. The van der Waals surface area contributed by atoms with E-state index in [1.54, 1.807) is 4.90 Å². The molecule has 0 amide bonds. The van der Waals surface area contributed by atoms with Gasteiger partial charge in [0.05, 0.1) is 5.56 Å². The van der Waals surface area contributed by atoms with Crippen LogP contribution in [0.15, 0.2) is 27.4 Å². The molecule has 2 fully saturated rings. The number of nitrogens with zero attached hydrogens (tertiary/aromatic N) is 2. The average Bonchev–Trinajstić information content (AvgIpc) is 3.08. The zero-order chi connectivity index (χ0) is 19.1. The number of aromatic amines is 1. The Morgan fingerprint density at radius 2 is 1.81 bits per heavy atom. The number of piperidine rings is 2. The summed E-state index contributed by atoms with van der Waals surface area (Å²) >= 11 is 0. The van der Waals surface area contributed by atoms with E-state index in [-0.39, 0.29) is 17.0 Å². The van der Waals surface area contributed by atoms with Gasteiger partial charge in [-0.15, -0.1) is 5.10 Å². The Labute approximate surface area is 153 Å². The van der Waals surface area contributed by atoms with E-state index in [0.29, 0.717) is 18.7 Å². The van der Waals surface area contributed by atoms with Crippen molar-refractivity contribution in [2.24, 2.45) is 5.41 Å². The molecule has 2 aliphatic rings. The van der Waals surface area contributed by atoms with Crippen molar-refractivity contribution in [2.75, 3.05) is 31.1 Å². The minimum atomic E-state index is -4.45. The minimum absolute atomic E-state index is 0.0122. The van der Waals surface area contributed by atoms with Crippen LogP contribution in [0.3, 0.4) is 0 Å². The standard InChI is InChI=1S/C18H21F3N4O2/c19-18(20,21)13-2-1-12(15-23-24-16(26)27-15)11-14(13)25-9-5-17(6-10-25)3-7-22-8-4-17/h1-2,11,22H,3-10H2,(H,24,26). The zero-order valence-electron chi connectivity index (χ0n) is 14.7. The largest absolute Gasteiger partial charge is 0.434 e. The van der Waals surface area contributed by atoms with E-state index in [0.717, 1.165) is 44.8 Å². The van der Waals surface area contributed by atoms with Crippen LogP contribution >= 0.6 is 0 Å². The van der Waals surface area contributed by atoms with E-state index in [1.165, 1.54) is 12.1 Å². The summed E-state index contributed by atoms with van der Waals surface area (Å²) in [5.41, 5.74) is 0.0329. The molecule has 2 aromatic rings. The van der Waals surface area contributed by atoms with Crippen LogP contribution in [0.25, 0.3) is 11.5 Å². The molecular formula is C18H21F3N4O2. The normalized spacial score (nSPS) is 20.2. The predicted octanol–water partition coefficient (Wildman–Crippen LogP) is 3.02. The maximum absolute atomic E-state index is 13.6. The summed E-state index contributed by atoms with van der Waals surface area (Å²) in [4.78, 5) is 13.0. The first kappa shape index (κ1) is 18.1. The number of hydrogen-bond donors (Lipinski definition) is 2. The second-order valence-corrected chi connectivity index (χ2v) is 7.39. The number of hydrogen-bond acceptors (Lipinski definition) is 5. The molecule has 1 aromatic carbocycles. The molecule has 6 nitrogen and oxygen atoms in total. The molecule has 1 aromatic heterocycles. The van der Waals surface area contributed by atoms with Crippen molar-refractivity contribution >= 4 is 5.69 Å². The van der Waals surface area contributed by atoms with Gasteiger partial charge in [-0.25, -0.2) is 9.89 Å². The topological polar surface area (TPSA) is 74.2 Å². The highest BCUT2D eigenvalue weighted by atomic mass is 19.4. The average molecular weight is 382 g/mol. The van der Waals surface area contributed by atoms with E-state index in [9.17, 15) is 18.0 Å². The lowest BCUT2D eigenvalue weighted by Gasteiger charge is -2.45. The molecule has 4 rings (SSSR count). The van der Waals surface area contributed by atoms with Crippen molar-refractivity contribution in [1.82, 2.24) is 15.5 Å². The number of aromatic nitrogens is 2. The van der Waals surface area contributed by atoms with Gasteiger partial charge in [-0.1, -0.05) is 0 Å². The third-order valence-corrected chi connectivity index (χ3v) is 5.82. The molecule has 0 bridgehead atoms. The predicted molar refractivity (Wildman–Crippen MR) is 93.5 cm³/mol. The molecule has 27 heavy (non-hydrogen) atoms. The lowest BCUT2D eigenvalue weighted by molar-refractivity contribution is -0.137. The van der Waals surface area contributed by atoms with E-state index in [4.69, 9.17) is 4.42 Å². The van der Waals surface area contributed by atoms with Gasteiger partial charge >= 0.3 is 11.9 Å². The second-order valence-electron chi connectivity index (χ2n) is 7.39. The summed E-state index contributed by atoms with van der Waals surface area (Å²) in [7, 11) is 0. The summed E-state index contributed by atoms with van der Waals surface area (Å²) in [5.74, 6) is -0.751. The molecule has 0 atom stereocenters. The Balaban J connectivity index is 1.64. The third kappa shape index (κ3) is 3.60. The number of rotatable bonds is 2. The molecule has 2 N–H and O–H groups in total. The molecular weight excluding hydrogens is 361 g/mol. The Kier molecular flexibility index (Phi) is 4.49. The highest BCUT2D eigenvalue weighted by molar-refractivity contribution is 5.66. The molecule has 0 unspecified atom stereocenters. The van der Waals surface area contributed by atoms with Crippen LogP contribution < -0.4 is 16.0 Å². The molecule has 9 heteroatoms. The van der Waals surface area contributed by atoms with Gasteiger partial charge in [-0.2, -0.15) is 13.2 Å². The highest BCUT2D eigenvalue weighted by Gasteiger charge is 2.39. The van der Waals surface area contributed by atoms with Gasteiger partial charge in [0.1, 0.15) is 0 Å². The minimum Gasteiger partial charge on any atom is -0.388 e. The molecule has 1 spiro atoms. The summed E-state index contributed by atoms with van der Waals surface area (Å²) in [6.07, 6.45) is -0.539. The fourth-order valence-electron chi connectivity index (χ4n) is 4.20. The lowest BCUT2D eigenvalue weighted by Crippen LogP contribution is -2.46. The van der Waals surface area contributed by atoms with Crippen LogP contribution in [-0.2, 0) is 6.18 Å². The van der Waals surface area contributed by atoms with Gasteiger partial charge in [-0.3, -0.25) is 0 Å². The number of benzene rings is 1. The van der Waals surface area contributed by atoms with Gasteiger partial charge < -0.3 is 14.6 Å². The molecule has 2 saturated heterocycles. The summed E-state index contributed by atoms with van der Waals surface area (Å²) < 4.78 is 45.6. The molecule has 0 aliphatic carbocycles. The fraction of sp³-hybridized carbons (Fsp3) is 0.556. The van der Waals surface area contributed by atoms with Crippen LogP contribution in [0, 0.1) is 5.41 Å². The first-order valence-corrected chi connectivity index (χ1v) is 9.09. The third-order valence-electron chi connectivity index (χ3n) is 5.82. The summed E-state index contributed by atoms with van der Waals surface area (Å²) in [5, 5.41) is 9.20. The molecule has 0 saturated carbocycles. The monoisotopic (exact) mass is 382 g/mol. The molecule has 2 aliphatic heterocycles. The summed E-state index contributed by atoms with van der Waals surface area (Å²) in [6.45, 7) is 3.11. The number of nitrogens with one attached hydrogen (secondary N) is 2. The van der Waals surface area contributed by atoms with Crippen molar-refractivity contribution in [3.63, 3.8) is 0 Å². The van der Waals surface area contributed by atoms with Gasteiger partial charge in [0.25, 0.3) is 0 Å². The van der Waals surface area contributed by atoms with Gasteiger partial charge in [0.2, 0.25) is 5.89 Å². The number of H-pyrrole nitrogens is 1. The van der Waals surface area contributed by atoms with Gasteiger partial charge in [0.15, 0.2) is 0 Å². The van der Waals surface area contributed by atoms with Crippen molar-refractivity contribution in [2.45, 2.75) is 31.9 Å². The van der Waals surface area contributed by atoms with Crippen molar-refractivity contribution < 1.29 is 17.6 Å². The first-order valence-electron chi connectivity index (χ1n) is 9.09. The maximum atomic E-state index is 13.6.